The normalized spacial score (nSPS) is 11.8. The van der Waals surface area contributed by atoms with Crippen molar-refractivity contribution in [1.82, 2.24) is 9.97 Å². The Kier molecular flexibility index (Phi) is 6.31. The minimum Gasteiger partial charge on any atom is -0.337 e. The van der Waals surface area contributed by atoms with Crippen LogP contribution in [0.2, 0.25) is 0 Å². The van der Waals surface area contributed by atoms with E-state index in [9.17, 15) is 9.59 Å². The van der Waals surface area contributed by atoms with Gasteiger partial charge in [-0.2, -0.15) is 0 Å². The van der Waals surface area contributed by atoms with E-state index >= 15 is 0 Å². The van der Waals surface area contributed by atoms with E-state index in [1.54, 1.807) is 24.3 Å². The molecule has 1 heterocycles. The van der Waals surface area contributed by atoms with E-state index in [1.165, 1.54) is 24.2 Å². The van der Waals surface area contributed by atoms with Gasteiger partial charge in [-0.05, 0) is 50.6 Å². The van der Waals surface area contributed by atoms with Crippen LogP contribution in [0.4, 0.5) is 5.69 Å². The molecule has 144 valence electrons. The molecule has 0 aliphatic carbocycles. The van der Waals surface area contributed by atoms with E-state index in [0.717, 1.165) is 23.0 Å². The Morgan fingerprint density at radius 3 is 2.43 bits per heavy atom. The van der Waals surface area contributed by atoms with Crippen molar-refractivity contribution in [2.45, 2.75) is 37.6 Å². The van der Waals surface area contributed by atoms with Gasteiger partial charge in [0.05, 0.1) is 10.9 Å². The Bertz CT molecular complexity index is 965. The molecule has 1 amide bonds. The summed E-state index contributed by atoms with van der Waals surface area (Å²) < 4.78 is 0. The lowest BCUT2D eigenvalue weighted by molar-refractivity contribution is -0.115. The Hall–Kier alpha value is -2.86. The summed E-state index contributed by atoms with van der Waals surface area (Å²) in [6.07, 6.45) is 0.757. The summed E-state index contributed by atoms with van der Waals surface area (Å²) >= 11 is 1.39. The molecule has 0 saturated heterocycles. The topological polar surface area (TPSA) is 74.8 Å². The van der Waals surface area contributed by atoms with Gasteiger partial charge in [-0.1, -0.05) is 42.1 Å². The standard InChI is InChI=1S/C22H23N3O2S/c1-14-20(13-17-7-5-4-6-8-17)25-22(23-14)28-16(3)21(27)24-19-11-9-18(10-12-19)15(2)26/h4-12,16H,13H2,1-3H3,(H,23,25)(H,24,27). The van der Waals surface area contributed by atoms with Crippen molar-refractivity contribution in [3.63, 3.8) is 0 Å². The molecule has 2 aromatic carbocycles. The molecule has 28 heavy (non-hydrogen) atoms. The van der Waals surface area contributed by atoms with E-state index in [1.807, 2.05) is 32.0 Å². The Morgan fingerprint density at radius 2 is 1.79 bits per heavy atom. The average molecular weight is 394 g/mol. The van der Waals surface area contributed by atoms with Crippen LogP contribution in [0.15, 0.2) is 59.8 Å². The quantitative estimate of drug-likeness (QED) is 0.453. The molecule has 3 rings (SSSR count). The fraction of sp³-hybridized carbons (Fsp3) is 0.227. The summed E-state index contributed by atoms with van der Waals surface area (Å²) in [5.74, 6) is -0.111. The maximum atomic E-state index is 12.5. The molecule has 1 aromatic heterocycles. The van der Waals surface area contributed by atoms with Crippen LogP contribution in [0.25, 0.3) is 0 Å². The van der Waals surface area contributed by atoms with Crippen molar-refractivity contribution >= 4 is 29.1 Å². The minimum atomic E-state index is -0.317. The van der Waals surface area contributed by atoms with E-state index in [2.05, 4.69) is 27.4 Å². The van der Waals surface area contributed by atoms with Crippen molar-refractivity contribution in [3.8, 4) is 0 Å². The van der Waals surface area contributed by atoms with Gasteiger partial charge in [0.25, 0.3) is 0 Å². The first-order valence-corrected chi connectivity index (χ1v) is 9.98. The molecule has 0 radical (unpaired) electrons. The van der Waals surface area contributed by atoms with Gasteiger partial charge in [-0.25, -0.2) is 4.98 Å². The molecule has 0 saturated carbocycles. The number of H-pyrrole nitrogens is 1. The number of benzene rings is 2. The van der Waals surface area contributed by atoms with Gasteiger partial charge >= 0.3 is 0 Å². The van der Waals surface area contributed by atoms with E-state index in [0.29, 0.717) is 11.3 Å². The molecule has 6 heteroatoms. The first-order chi connectivity index (χ1) is 13.4. The molecule has 0 fully saturated rings. The number of thioether (sulfide) groups is 1. The predicted molar refractivity (Wildman–Crippen MR) is 113 cm³/mol. The number of aromatic amines is 1. The Labute approximate surface area is 169 Å². The second kappa shape index (κ2) is 8.89. The summed E-state index contributed by atoms with van der Waals surface area (Å²) in [5.41, 5.74) is 4.49. The fourth-order valence-electron chi connectivity index (χ4n) is 2.74. The number of aromatic nitrogens is 2. The second-order valence-electron chi connectivity index (χ2n) is 6.66. The summed E-state index contributed by atoms with van der Waals surface area (Å²) in [6, 6.07) is 17.1. The summed E-state index contributed by atoms with van der Waals surface area (Å²) in [7, 11) is 0. The summed E-state index contributed by atoms with van der Waals surface area (Å²) in [5, 5.41) is 3.29. The van der Waals surface area contributed by atoms with E-state index < -0.39 is 0 Å². The lowest BCUT2D eigenvalue weighted by Gasteiger charge is -2.10. The number of amides is 1. The molecule has 1 atom stereocenters. The number of nitrogens with one attached hydrogen (secondary N) is 2. The molecule has 1 unspecified atom stereocenters. The Balaban J connectivity index is 1.60. The van der Waals surface area contributed by atoms with Crippen LogP contribution >= 0.6 is 11.8 Å². The van der Waals surface area contributed by atoms with Gasteiger partial charge in [-0.15, -0.1) is 0 Å². The Morgan fingerprint density at radius 1 is 1.11 bits per heavy atom. The number of imidazole rings is 1. The zero-order chi connectivity index (χ0) is 20.1. The molecule has 0 aliphatic heterocycles. The number of aryl methyl sites for hydroxylation is 1. The minimum absolute atomic E-state index is 0.00120. The summed E-state index contributed by atoms with van der Waals surface area (Å²) in [4.78, 5) is 31.7. The van der Waals surface area contributed by atoms with E-state index in [-0.39, 0.29) is 16.9 Å². The van der Waals surface area contributed by atoms with Crippen molar-refractivity contribution in [2.24, 2.45) is 0 Å². The maximum absolute atomic E-state index is 12.5. The number of rotatable bonds is 7. The van der Waals surface area contributed by atoms with Crippen molar-refractivity contribution < 1.29 is 9.59 Å². The SMILES string of the molecule is CC(=O)c1ccc(NC(=O)C(C)Sc2nc(Cc3ccccc3)c(C)[nH]2)cc1. The fourth-order valence-corrected chi connectivity index (χ4v) is 3.61. The first-order valence-electron chi connectivity index (χ1n) is 9.10. The van der Waals surface area contributed by atoms with Crippen molar-refractivity contribution in [2.75, 3.05) is 5.32 Å². The third-order valence-electron chi connectivity index (χ3n) is 4.39. The first kappa shape index (κ1) is 19.9. The van der Waals surface area contributed by atoms with Gasteiger partial charge < -0.3 is 10.3 Å². The number of nitrogens with zero attached hydrogens (tertiary/aromatic N) is 1. The van der Waals surface area contributed by atoms with Crippen LogP contribution in [0.1, 0.15) is 41.2 Å². The zero-order valence-corrected chi connectivity index (χ0v) is 17.0. The number of carbonyl (C=O) groups excluding carboxylic acids is 2. The van der Waals surface area contributed by atoms with Crippen molar-refractivity contribution in [3.05, 3.63) is 77.1 Å². The molecule has 2 N–H and O–H groups in total. The second-order valence-corrected chi connectivity index (χ2v) is 7.99. The molecule has 5 nitrogen and oxygen atoms in total. The van der Waals surface area contributed by atoms with Crippen LogP contribution in [0.3, 0.4) is 0 Å². The highest BCUT2D eigenvalue weighted by Crippen LogP contribution is 2.24. The number of hydrogen-bond acceptors (Lipinski definition) is 4. The number of Topliss-reactive ketones (excluding diaryl/α,β-unsaturated/α-hetero) is 1. The van der Waals surface area contributed by atoms with Crippen LogP contribution in [-0.2, 0) is 11.2 Å². The number of ketones is 1. The maximum Gasteiger partial charge on any atom is 0.237 e. The number of anilines is 1. The molecular formula is C22H23N3O2S. The van der Waals surface area contributed by atoms with Gasteiger partial charge in [0.1, 0.15) is 0 Å². The van der Waals surface area contributed by atoms with Gasteiger partial charge in [0.15, 0.2) is 10.9 Å². The van der Waals surface area contributed by atoms with Crippen LogP contribution < -0.4 is 5.32 Å². The summed E-state index contributed by atoms with van der Waals surface area (Å²) in [6.45, 7) is 5.36. The van der Waals surface area contributed by atoms with E-state index in [4.69, 9.17) is 0 Å². The zero-order valence-electron chi connectivity index (χ0n) is 16.2. The average Bonchev–Trinajstić information content (AvgIpc) is 3.01. The van der Waals surface area contributed by atoms with Crippen LogP contribution in [-0.4, -0.2) is 26.9 Å². The largest absolute Gasteiger partial charge is 0.337 e. The lowest BCUT2D eigenvalue weighted by atomic mass is 10.1. The highest BCUT2D eigenvalue weighted by atomic mass is 32.2. The molecule has 3 aromatic rings. The van der Waals surface area contributed by atoms with Gasteiger partial charge in [0, 0.05) is 23.4 Å². The molecule has 0 spiro atoms. The highest BCUT2D eigenvalue weighted by molar-refractivity contribution is 8.00. The van der Waals surface area contributed by atoms with Crippen LogP contribution in [0, 0.1) is 6.92 Å². The number of hydrogen-bond donors (Lipinski definition) is 2. The highest BCUT2D eigenvalue weighted by Gasteiger charge is 2.18. The lowest BCUT2D eigenvalue weighted by Crippen LogP contribution is -2.22. The predicted octanol–water partition coefficient (Wildman–Crippen LogP) is 4.63. The number of carbonyl (C=O) groups is 2. The monoisotopic (exact) mass is 393 g/mol. The molecular weight excluding hydrogens is 370 g/mol. The van der Waals surface area contributed by atoms with Crippen molar-refractivity contribution in [1.29, 1.82) is 0 Å². The van der Waals surface area contributed by atoms with Gasteiger partial charge in [0.2, 0.25) is 5.91 Å². The third kappa shape index (κ3) is 5.10. The molecule has 0 bridgehead atoms. The third-order valence-corrected chi connectivity index (χ3v) is 5.38. The molecule has 0 aliphatic rings. The smallest absolute Gasteiger partial charge is 0.237 e. The van der Waals surface area contributed by atoms with Crippen LogP contribution in [0.5, 0.6) is 0 Å². The van der Waals surface area contributed by atoms with Gasteiger partial charge in [-0.3, -0.25) is 9.59 Å².